The second-order valence-electron chi connectivity index (χ2n) is 3.28. The normalized spacial score (nSPS) is 10.1. The minimum atomic E-state index is 0.142. The molecule has 0 spiro atoms. The van der Waals surface area contributed by atoms with Gasteiger partial charge in [0.1, 0.15) is 17.1 Å². The van der Waals surface area contributed by atoms with Crippen LogP contribution in [0.3, 0.4) is 0 Å². The van der Waals surface area contributed by atoms with Gasteiger partial charge in [-0.15, -0.1) is 0 Å². The number of rotatable bonds is 3. The molecule has 2 aromatic rings. The Morgan fingerprint density at radius 3 is 2.83 bits per heavy atom. The molecule has 18 heavy (non-hydrogen) atoms. The Morgan fingerprint density at radius 1 is 1.33 bits per heavy atom. The Hall–Kier alpha value is -1.43. The first-order valence-electron chi connectivity index (χ1n) is 4.80. The average Bonchev–Trinajstić information content (AvgIpc) is 2.34. The highest BCUT2D eigenvalue weighted by atomic mass is 35.5. The van der Waals surface area contributed by atoms with Crippen LogP contribution in [0.4, 0.5) is 0 Å². The Bertz CT molecular complexity index is 607. The van der Waals surface area contributed by atoms with E-state index in [0.29, 0.717) is 21.4 Å². The van der Waals surface area contributed by atoms with Crippen LogP contribution >= 0.6 is 35.4 Å². The molecule has 0 saturated heterocycles. The van der Waals surface area contributed by atoms with Crippen LogP contribution in [-0.2, 0) is 0 Å². The van der Waals surface area contributed by atoms with Crippen LogP contribution in [0.1, 0.15) is 5.56 Å². The minimum absolute atomic E-state index is 0.142. The number of thiocarbonyl (C=S) groups is 1. The fourth-order valence-corrected chi connectivity index (χ4v) is 1.69. The molecule has 1 aromatic heterocycles. The highest BCUT2D eigenvalue weighted by Gasteiger charge is 2.11. The smallest absolute Gasteiger partial charge is 0.232 e. The molecule has 0 unspecified atom stereocenters. The number of nitrogens with zero attached hydrogens (tertiary/aromatic N) is 2. The van der Waals surface area contributed by atoms with Gasteiger partial charge in [0, 0.05) is 17.3 Å². The molecule has 0 atom stereocenters. The summed E-state index contributed by atoms with van der Waals surface area (Å²) in [7, 11) is 0. The minimum Gasteiger partial charge on any atom is -0.437 e. The van der Waals surface area contributed by atoms with Crippen molar-refractivity contribution in [3.05, 3.63) is 46.3 Å². The highest BCUT2D eigenvalue weighted by molar-refractivity contribution is 7.80. The van der Waals surface area contributed by atoms with Crippen molar-refractivity contribution in [3.63, 3.8) is 0 Å². The van der Waals surface area contributed by atoms with Crippen molar-refractivity contribution in [3.8, 4) is 11.6 Å². The molecule has 4 nitrogen and oxygen atoms in total. The summed E-state index contributed by atoms with van der Waals surface area (Å²) in [5, 5.41) is 0.909. The molecule has 7 heteroatoms. The van der Waals surface area contributed by atoms with Gasteiger partial charge in [-0.25, -0.2) is 9.97 Å². The van der Waals surface area contributed by atoms with E-state index in [0.717, 1.165) is 0 Å². The zero-order valence-corrected chi connectivity index (χ0v) is 11.3. The van der Waals surface area contributed by atoms with Crippen molar-refractivity contribution >= 4 is 40.4 Å². The predicted octanol–water partition coefficient (Wildman–Crippen LogP) is 3.21. The van der Waals surface area contributed by atoms with Gasteiger partial charge in [-0.3, -0.25) is 0 Å². The molecule has 0 bridgehead atoms. The second kappa shape index (κ2) is 5.48. The van der Waals surface area contributed by atoms with Crippen LogP contribution in [0.25, 0.3) is 0 Å². The summed E-state index contributed by atoms with van der Waals surface area (Å²) in [6.45, 7) is 0. The van der Waals surface area contributed by atoms with E-state index in [-0.39, 0.29) is 10.9 Å². The van der Waals surface area contributed by atoms with Crippen LogP contribution in [0, 0.1) is 0 Å². The lowest BCUT2D eigenvalue weighted by atomic mass is 10.3. The Kier molecular flexibility index (Phi) is 3.96. The lowest BCUT2D eigenvalue weighted by molar-refractivity contribution is 0.460. The third kappa shape index (κ3) is 2.87. The van der Waals surface area contributed by atoms with Gasteiger partial charge < -0.3 is 10.5 Å². The van der Waals surface area contributed by atoms with E-state index in [2.05, 4.69) is 9.97 Å². The maximum Gasteiger partial charge on any atom is 0.232 e. The number of aromatic nitrogens is 2. The molecule has 2 N–H and O–H groups in total. The van der Waals surface area contributed by atoms with Crippen LogP contribution in [0.15, 0.2) is 30.7 Å². The van der Waals surface area contributed by atoms with Gasteiger partial charge in [0.2, 0.25) is 5.88 Å². The molecule has 0 fully saturated rings. The van der Waals surface area contributed by atoms with Crippen molar-refractivity contribution in [2.75, 3.05) is 0 Å². The van der Waals surface area contributed by atoms with Gasteiger partial charge in [-0.05, 0) is 12.1 Å². The van der Waals surface area contributed by atoms with Crippen molar-refractivity contribution < 1.29 is 4.74 Å². The zero-order chi connectivity index (χ0) is 13.1. The molecule has 0 aliphatic heterocycles. The van der Waals surface area contributed by atoms with E-state index in [9.17, 15) is 0 Å². The van der Waals surface area contributed by atoms with E-state index < -0.39 is 0 Å². The molecule has 1 aromatic carbocycles. The van der Waals surface area contributed by atoms with Crippen molar-refractivity contribution in [2.24, 2.45) is 5.73 Å². The van der Waals surface area contributed by atoms with E-state index in [1.165, 1.54) is 12.5 Å². The fraction of sp³-hybridized carbons (Fsp3) is 0. The van der Waals surface area contributed by atoms with E-state index in [1.54, 1.807) is 18.2 Å². The third-order valence-corrected chi connectivity index (χ3v) is 2.81. The number of benzene rings is 1. The summed E-state index contributed by atoms with van der Waals surface area (Å²) < 4.78 is 5.55. The Balaban J connectivity index is 2.40. The van der Waals surface area contributed by atoms with Crippen LogP contribution in [0.2, 0.25) is 10.0 Å². The van der Waals surface area contributed by atoms with Crippen LogP contribution < -0.4 is 10.5 Å². The highest BCUT2D eigenvalue weighted by Crippen LogP contribution is 2.32. The first kappa shape index (κ1) is 13.0. The Labute approximate surface area is 119 Å². The summed E-state index contributed by atoms with van der Waals surface area (Å²) in [4.78, 5) is 7.94. The molecule has 0 saturated carbocycles. The standard InChI is InChI=1S/C11H7Cl2N3OS/c12-6-1-2-8(13)9(3-6)17-11-7(10(14)18)4-15-5-16-11/h1-5H,(H2,14,18). The molecule has 0 aliphatic carbocycles. The molecule has 92 valence electrons. The lowest BCUT2D eigenvalue weighted by Gasteiger charge is -2.09. The summed E-state index contributed by atoms with van der Waals surface area (Å²) in [5.74, 6) is 0.613. The monoisotopic (exact) mass is 299 g/mol. The maximum atomic E-state index is 5.99. The van der Waals surface area contributed by atoms with Gasteiger partial charge in [-0.1, -0.05) is 35.4 Å². The fourth-order valence-electron chi connectivity index (χ4n) is 1.23. The van der Waals surface area contributed by atoms with Gasteiger partial charge in [0.25, 0.3) is 0 Å². The number of halogens is 2. The summed E-state index contributed by atoms with van der Waals surface area (Å²) >= 11 is 16.7. The first-order chi connectivity index (χ1) is 8.58. The summed E-state index contributed by atoms with van der Waals surface area (Å²) in [5.41, 5.74) is 5.98. The SMILES string of the molecule is NC(=S)c1cncnc1Oc1cc(Cl)ccc1Cl. The molecule has 2 rings (SSSR count). The quantitative estimate of drug-likeness (QED) is 0.882. The van der Waals surface area contributed by atoms with Crippen LogP contribution in [-0.4, -0.2) is 15.0 Å². The van der Waals surface area contributed by atoms with Gasteiger partial charge >= 0.3 is 0 Å². The lowest BCUT2D eigenvalue weighted by Crippen LogP contribution is -2.12. The molecular formula is C11H7Cl2N3OS. The average molecular weight is 300 g/mol. The molecular weight excluding hydrogens is 293 g/mol. The van der Waals surface area contributed by atoms with Crippen molar-refractivity contribution in [1.82, 2.24) is 9.97 Å². The number of nitrogens with two attached hydrogens (primary N) is 1. The number of hydrogen-bond acceptors (Lipinski definition) is 4. The van der Waals surface area contributed by atoms with Gasteiger partial charge in [0.15, 0.2) is 0 Å². The second-order valence-corrected chi connectivity index (χ2v) is 4.57. The molecule has 0 amide bonds. The Morgan fingerprint density at radius 2 is 2.11 bits per heavy atom. The van der Waals surface area contributed by atoms with Crippen molar-refractivity contribution in [1.29, 1.82) is 0 Å². The van der Waals surface area contributed by atoms with E-state index >= 15 is 0 Å². The summed E-state index contributed by atoms with van der Waals surface area (Å²) in [6, 6.07) is 4.86. The van der Waals surface area contributed by atoms with Crippen LogP contribution in [0.5, 0.6) is 11.6 Å². The first-order valence-corrected chi connectivity index (χ1v) is 5.97. The zero-order valence-electron chi connectivity index (χ0n) is 8.93. The molecule has 1 heterocycles. The van der Waals surface area contributed by atoms with Crippen molar-refractivity contribution in [2.45, 2.75) is 0 Å². The maximum absolute atomic E-state index is 5.99. The predicted molar refractivity (Wildman–Crippen MR) is 74.5 cm³/mol. The van der Waals surface area contributed by atoms with E-state index in [4.69, 9.17) is 45.9 Å². The molecule has 0 radical (unpaired) electrons. The van der Waals surface area contributed by atoms with Gasteiger partial charge in [0.05, 0.1) is 10.6 Å². The third-order valence-electron chi connectivity index (χ3n) is 2.04. The number of hydrogen-bond donors (Lipinski definition) is 1. The van der Waals surface area contributed by atoms with Gasteiger partial charge in [-0.2, -0.15) is 0 Å². The van der Waals surface area contributed by atoms with E-state index in [1.807, 2.05) is 0 Å². The number of ether oxygens (including phenoxy) is 1. The largest absolute Gasteiger partial charge is 0.437 e. The summed E-state index contributed by atoms with van der Waals surface area (Å²) in [6.07, 6.45) is 2.80. The topological polar surface area (TPSA) is 61.0 Å². The molecule has 0 aliphatic rings.